The van der Waals surface area contributed by atoms with Crippen LogP contribution in [0.2, 0.25) is 0 Å². The van der Waals surface area contributed by atoms with Gasteiger partial charge in [-0.3, -0.25) is 4.90 Å². The van der Waals surface area contributed by atoms with E-state index >= 15 is 0 Å². The number of urea groups is 1. The lowest BCUT2D eigenvalue weighted by Crippen LogP contribution is -2.41. The molecule has 2 amide bonds. The summed E-state index contributed by atoms with van der Waals surface area (Å²) in [6, 6.07) is 8.46. The second-order valence-electron chi connectivity index (χ2n) is 7.57. The highest BCUT2D eigenvalue weighted by molar-refractivity contribution is 7.09. The van der Waals surface area contributed by atoms with Crippen molar-refractivity contribution in [2.75, 3.05) is 44.2 Å². The fourth-order valence-corrected chi connectivity index (χ4v) is 4.65. The standard InChI is InChI=1S/C21H29N5OS/c27-21(23-16-18-6-7-20(22-15-18)25-9-1-2-10-25)26-11-4-8-24(12-13-26)17-19-5-3-14-28-19/h3,5-7,14-15H,1-2,4,8-13,16-17H2,(H,23,27). The van der Waals surface area contributed by atoms with Crippen molar-refractivity contribution < 1.29 is 4.79 Å². The SMILES string of the molecule is O=C(NCc1ccc(N2CCCC2)nc1)N1CCCN(Cc2cccs2)CC1. The maximum Gasteiger partial charge on any atom is 0.317 e. The molecule has 2 aromatic rings. The molecule has 0 radical (unpaired) electrons. The van der Waals surface area contributed by atoms with Gasteiger partial charge in [0.05, 0.1) is 0 Å². The third-order valence-corrected chi connectivity index (χ3v) is 6.38. The topological polar surface area (TPSA) is 51.7 Å². The average Bonchev–Trinajstić information content (AvgIpc) is 3.38. The maximum atomic E-state index is 12.6. The summed E-state index contributed by atoms with van der Waals surface area (Å²) in [4.78, 5) is 25.3. The Morgan fingerprint density at radius 1 is 1.04 bits per heavy atom. The Hall–Kier alpha value is -2.12. The van der Waals surface area contributed by atoms with E-state index < -0.39 is 0 Å². The number of hydrogen-bond acceptors (Lipinski definition) is 5. The van der Waals surface area contributed by atoms with E-state index in [0.29, 0.717) is 6.54 Å². The minimum atomic E-state index is 0.0293. The van der Waals surface area contributed by atoms with Gasteiger partial charge in [-0.1, -0.05) is 12.1 Å². The van der Waals surface area contributed by atoms with Crippen LogP contribution in [0.1, 0.15) is 29.7 Å². The fourth-order valence-electron chi connectivity index (χ4n) is 3.90. The number of hydrogen-bond donors (Lipinski definition) is 1. The lowest BCUT2D eigenvalue weighted by molar-refractivity contribution is 0.197. The lowest BCUT2D eigenvalue weighted by Gasteiger charge is -2.22. The van der Waals surface area contributed by atoms with Gasteiger partial charge in [0.2, 0.25) is 0 Å². The van der Waals surface area contributed by atoms with Crippen LogP contribution in [0.15, 0.2) is 35.8 Å². The molecule has 28 heavy (non-hydrogen) atoms. The van der Waals surface area contributed by atoms with Crippen molar-refractivity contribution in [1.29, 1.82) is 0 Å². The first-order valence-corrected chi connectivity index (χ1v) is 11.1. The molecule has 0 spiro atoms. The Morgan fingerprint density at radius 3 is 2.68 bits per heavy atom. The van der Waals surface area contributed by atoms with E-state index in [9.17, 15) is 4.79 Å². The number of nitrogens with zero attached hydrogens (tertiary/aromatic N) is 4. The van der Waals surface area contributed by atoms with Crippen molar-refractivity contribution in [1.82, 2.24) is 20.1 Å². The molecule has 2 fully saturated rings. The van der Waals surface area contributed by atoms with E-state index in [2.05, 4.69) is 49.7 Å². The molecule has 0 saturated carbocycles. The molecule has 0 aliphatic carbocycles. The summed E-state index contributed by atoms with van der Waals surface area (Å²) < 4.78 is 0. The van der Waals surface area contributed by atoms with Crippen molar-refractivity contribution >= 4 is 23.2 Å². The van der Waals surface area contributed by atoms with Crippen LogP contribution in [0, 0.1) is 0 Å². The Balaban J connectivity index is 1.23. The van der Waals surface area contributed by atoms with E-state index in [4.69, 9.17) is 0 Å². The third kappa shape index (κ3) is 5.02. The summed E-state index contributed by atoms with van der Waals surface area (Å²) in [6.07, 6.45) is 5.41. The molecule has 150 valence electrons. The van der Waals surface area contributed by atoms with Crippen LogP contribution in [0.25, 0.3) is 0 Å². The number of anilines is 1. The van der Waals surface area contributed by atoms with Gasteiger partial charge in [-0.25, -0.2) is 9.78 Å². The van der Waals surface area contributed by atoms with Crippen LogP contribution < -0.4 is 10.2 Å². The average molecular weight is 400 g/mol. The van der Waals surface area contributed by atoms with Crippen LogP contribution in [0.3, 0.4) is 0 Å². The van der Waals surface area contributed by atoms with Crippen molar-refractivity contribution in [3.05, 3.63) is 46.3 Å². The van der Waals surface area contributed by atoms with Crippen LogP contribution in [0.5, 0.6) is 0 Å². The Morgan fingerprint density at radius 2 is 1.93 bits per heavy atom. The van der Waals surface area contributed by atoms with E-state index in [0.717, 1.165) is 63.6 Å². The second kappa shape index (κ2) is 9.39. The van der Waals surface area contributed by atoms with Gasteiger partial charge in [0.15, 0.2) is 0 Å². The first-order chi connectivity index (χ1) is 13.8. The number of amides is 2. The van der Waals surface area contributed by atoms with Gasteiger partial charge in [0, 0.05) is 63.4 Å². The monoisotopic (exact) mass is 399 g/mol. The van der Waals surface area contributed by atoms with Crippen LogP contribution in [-0.2, 0) is 13.1 Å². The Kier molecular flexibility index (Phi) is 6.44. The molecule has 0 bridgehead atoms. The van der Waals surface area contributed by atoms with E-state index in [-0.39, 0.29) is 6.03 Å². The smallest absolute Gasteiger partial charge is 0.317 e. The van der Waals surface area contributed by atoms with Crippen LogP contribution >= 0.6 is 11.3 Å². The normalized spacial score (nSPS) is 18.3. The first kappa shape index (κ1) is 19.2. The highest BCUT2D eigenvalue weighted by Crippen LogP contribution is 2.17. The maximum absolute atomic E-state index is 12.6. The molecule has 4 heterocycles. The molecule has 2 aliphatic heterocycles. The van der Waals surface area contributed by atoms with E-state index in [1.165, 1.54) is 17.7 Å². The molecule has 6 nitrogen and oxygen atoms in total. The largest absolute Gasteiger partial charge is 0.357 e. The Bertz CT molecular complexity index is 743. The van der Waals surface area contributed by atoms with E-state index in [1.807, 2.05) is 11.1 Å². The van der Waals surface area contributed by atoms with Gasteiger partial charge in [0.25, 0.3) is 0 Å². The van der Waals surface area contributed by atoms with Crippen LogP contribution in [-0.4, -0.2) is 60.1 Å². The molecule has 0 atom stereocenters. The van der Waals surface area contributed by atoms with Gasteiger partial charge >= 0.3 is 6.03 Å². The van der Waals surface area contributed by atoms with Crippen molar-refractivity contribution in [2.45, 2.75) is 32.4 Å². The molecule has 2 aliphatic rings. The zero-order chi connectivity index (χ0) is 19.2. The lowest BCUT2D eigenvalue weighted by atomic mass is 10.3. The molecule has 7 heteroatoms. The minimum Gasteiger partial charge on any atom is -0.357 e. The summed E-state index contributed by atoms with van der Waals surface area (Å²) in [7, 11) is 0. The van der Waals surface area contributed by atoms with Gasteiger partial charge in [-0.05, 0) is 42.3 Å². The highest BCUT2D eigenvalue weighted by Gasteiger charge is 2.19. The number of carbonyl (C=O) groups is 1. The molecule has 1 N–H and O–H groups in total. The molecular formula is C21H29N5OS. The van der Waals surface area contributed by atoms with E-state index in [1.54, 1.807) is 11.3 Å². The van der Waals surface area contributed by atoms with Gasteiger partial charge in [-0.15, -0.1) is 11.3 Å². The summed E-state index contributed by atoms with van der Waals surface area (Å²) >= 11 is 1.80. The number of nitrogens with one attached hydrogen (secondary N) is 1. The van der Waals surface area contributed by atoms with Crippen molar-refractivity contribution in [3.63, 3.8) is 0 Å². The third-order valence-electron chi connectivity index (χ3n) is 5.52. The predicted octanol–water partition coefficient (Wildman–Crippen LogP) is 3.16. The quantitative estimate of drug-likeness (QED) is 0.839. The van der Waals surface area contributed by atoms with Gasteiger partial charge < -0.3 is 15.1 Å². The molecular weight excluding hydrogens is 370 g/mol. The summed E-state index contributed by atoms with van der Waals surface area (Å²) in [5.41, 5.74) is 1.05. The van der Waals surface area contributed by atoms with Crippen molar-refractivity contribution in [2.24, 2.45) is 0 Å². The summed E-state index contributed by atoms with van der Waals surface area (Å²) in [5, 5.41) is 5.19. The van der Waals surface area contributed by atoms with Crippen LogP contribution in [0.4, 0.5) is 10.6 Å². The summed E-state index contributed by atoms with van der Waals surface area (Å²) in [5.74, 6) is 1.05. The van der Waals surface area contributed by atoms with Gasteiger partial charge in [0.1, 0.15) is 5.82 Å². The molecule has 2 saturated heterocycles. The molecule has 0 unspecified atom stereocenters. The Labute approximate surface area is 171 Å². The zero-order valence-electron chi connectivity index (χ0n) is 16.3. The second-order valence-corrected chi connectivity index (χ2v) is 8.61. The summed E-state index contributed by atoms with van der Waals surface area (Å²) in [6.45, 7) is 7.29. The number of rotatable bonds is 5. The fraction of sp³-hybridized carbons (Fsp3) is 0.524. The van der Waals surface area contributed by atoms with Gasteiger partial charge in [-0.2, -0.15) is 0 Å². The number of thiophene rings is 1. The first-order valence-electron chi connectivity index (χ1n) is 10.3. The molecule has 4 rings (SSSR count). The number of aromatic nitrogens is 1. The highest BCUT2D eigenvalue weighted by atomic mass is 32.1. The number of carbonyl (C=O) groups excluding carboxylic acids is 1. The zero-order valence-corrected chi connectivity index (χ0v) is 17.2. The molecule has 2 aromatic heterocycles. The van der Waals surface area contributed by atoms with Crippen molar-refractivity contribution in [3.8, 4) is 0 Å². The molecule has 0 aromatic carbocycles. The minimum absolute atomic E-state index is 0.0293. The predicted molar refractivity (Wildman–Crippen MR) is 114 cm³/mol. The number of pyridine rings is 1.